The maximum absolute atomic E-state index is 12.0. The monoisotopic (exact) mass is 267 g/mol. The molecule has 0 aromatic heterocycles. The van der Waals surface area contributed by atoms with Gasteiger partial charge < -0.3 is 9.47 Å². The van der Waals surface area contributed by atoms with Gasteiger partial charge in [0.25, 0.3) is 0 Å². The van der Waals surface area contributed by atoms with Crippen LogP contribution in [0.15, 0.2) is 23.1 Å². The molecule has 17 heavy (non-hydrogen) atoms. The van der Waals surface area contributed by atoms with Gasteiger partial charge >= 0.3 is 13.2 Å². The van der Waals surface area contributed by atoms with Crippen molar-refractivity contribution in [3.63, 3.8) is 0 Å². The van der Waals surface area contributed by atoms with Crippen LogP contribution in [0.3, 0.4) is 0 Å². The van der Waals surface area contributed by atoms with Gasteiger partial charge in [0.1, 0.15) is 21.8 Å². The second kappa shape index (κ2) is 6.20. The molecule has 0 atom stereocenters. The minimum atomic E-state index is -3.12. The summed E-state index contributed by atoms with van der Waals surface area (Å²) >= 11 is 0.401. The standard InChI is InChI=1S/C9H5F4NO2S/c10-8(11)15-5-2-1-3-6(16-9(12)13)7(5)17-4-14/h1-3,8-9H. The predicted octanol–water partition coefficient (Wildman–Crippen LogP) is 3.46. The first-order valence-corrected chi connectivity index (χ1v) is 4.94. The summed E-state index contributed by atoms with van der Waals surface area (Å²) in [4.78, 5) is -0.212. The number of hydrogen-bond donors (Lipinski definition) is 0. The highest BCUT2D eigenvalue weighted by molar-refractivity contribution is 8.03. The van der Waals surface area contributed by atoms with Crippen LogP contribution in [0.25, 0.3) is 0 Å². The van der Waals surface area contributed by atoms with E-state index in [9.17, 15) is 17.6 Å². The van der Waals surface area contributed by atoms with E-state index in [0.29, 0.717) is 11.8 Å². The highest BCUT2D eigenvalue weighted by Crippen LogP contribution is 2.38. The van der Waals surface area contributed by atoms with Crippen molar-refractivity contribution in [3.8, 4) is 16.9 Å². The molecule has 0 bridgehead atoms. The Bertz CT molecular complexity index is 394. The van der Waals surface area contributed by atoms with Crippen molar-refractivity contribution in [2.45, 2.75) is 18.1 Å². The SMILES string of the molecule is N#CSc1c(OC(F)F)cccc1OC(F)F. The number of hydrogen-bond acceptors (Lipinski definition) is 4. The van der Waals surface area contributed by atoms with Crippen LogP contribution in [-0.4, -0.2) is 13.2 Å². The summed E-state index contributed by atoms with van der Waals surface area (Å²) in [6.45, 7) is -6.23. The molecule has 8 heteroatoms. The minimum absolute atomic E-state index is 0.212. The van der Waals surface area contributed by atoms with Crippen LogP contribution in [0.4, 0.5) is 17.6 Å². The van der Waals surface area contributed by atoms with Gasteiger partial charge in [-0.05, 0) is 23.9 Å². The zero-order valence-electron chi connectivity index (χ0n) is 8.07. The molecule has 3 nitrogen and oxygen atoms in total. The van der Waals surface area contributed by atoms with Crippen molar-refractivity contribution < 1.29 is 27.0 Å². The number of rotatable bonds is 5. The molecule has 0 aliphatic rings. The maximum atomic E-state index is 12.0. The minimum Gasteiger partial charge on any atom is -0.433 e. The normalized spacial score (nSPS) is 10.4. The third-order valence-corrected chi connectivity index (χ3v) is 2.22. The van der Waals surface area contributed by atoms with E-state index in [1.54, 1.807) is 5.40 Å². The van der Waals surface area contributed by atoms with Gasteiger partial charge in [-0.25, -0.2) is 0 Å². The van der Waals surface area contributed by atoms with Crippen molar-refractivity contribution in [3.05, 3.63) is 18.2 Å². The van der Waals surface area contributed by atoms with E-state index in [2.05, 4.69) is 9.47 Å². The Morgan fingerprint density at radius 1 is 1.06 bits per heavy atom. The summed E-state index contributed by atoms with van der Waals surface area (Å²) in [5.74, 6) is -0.769. The van der Waals surface area contributed by atoms with Gasteiger partial charge in [-0.2, -0.15) is 22.8 Å². The first-order valence-electron chi connectivity index (χ1n) is 4.13. The average molecular weight is 267 g/mol. The van der Waals surface area contributed by atoms with Gasteiger partial charge in [0.2, 0.25) is 0 Å². The summed E-state index contributed by atoms with van der Waals surface area (Å²) in [6, 6.07) is 3.46. The van der Waals surface area contributed by atoms with Gasteiger partial charge in [-0.1, -0.05) is 6.07 Å². The lowest BCUT2D eigenvalue weighted by atomic mass is 10.3. The van der Waals surface area contributed by atoms with Crippen LogP contribution in [0.5, 0.6) is 11.5 Å². The number of nitriles is 1. The quantitative estimate of drug-likeness (QED) is 0.465. The van der Waals surface area contributed by atoms with Gasteiger partial charge in [-0.15, -0.1) is 0 Å². The topological polar surface area (TPSA) is 42.2 Å². The summed E-state index contributed by atoms with van der Waals surface area (Å²) < 4.78 is 56.3. The van der Waals surface area contributed by atoms with E-state index in [-0.39, 0.29) is 16.4 Å². The third kappa shape index (κ3) is 4.03. The van der Waals surface area contributed by atoms with Crippen LogP contribution < -0.4 is 9.47 Å². The van der Waals surface area contributed by atoms with Crippen molar-refractivity contribution in [2.24, 2.45) is 0 Å². The molecule has 0 spiro atoms. The zero-order valence-corrected chi connectivity index (χ0v) is 8.89. The van der Waals surface area contributed by atoms with Crippen LogP contribution in [-0.2, 0) is 0 Å². The third-order valence-electron chi connectivity index (χ3n) is 1.52. The molecule has 0 saturated carbocycles. The Kier molecular flexibility index (Phi) is 4.90. The predicted molar refractivity (Wildman–Crippen MR) is 51.2 cm³/mol. The Morgan fingerprint density at radius 2 is 1.53 bits per heavy atom. The summed E-state index contributed by atoms with van der Waals surface area (Å²) in [6.07, 6.45) is 0. The molecule has 1 rings (SSSR count). The molecule has 0 aliphatic carbocycles. The van der Waals surface area contributed by atoms with E-state index < -0.39 is 13.2 Å². The highest BCUT2D eigenvalue weighted by atomic mass is 32.2. The fraction of sp³-hybridized carbons (Fsp3) is 0.222. The molecule has 1 aromatic carbocycles. The molecule has 0 saturated heterocycles. The van der Waals surface area contributed by atoms with E-state index in [0.717, 1.165) is 12.1 Å². The Morgan fingerprint density at radius 3 is 1.88 bits per heavy atom. The molecule has 0 N–H and O–H groups in total. The van der Waals surface area contributed by atoms with E-state index in [4.69, 9.17) is 5.26 Å². The van der Waals surface area contributed by atoms with Crippen molar-refractivity contribution in [1.29, 1.82) is 5.26 Å². The molecule has 1 aromatic rings. The van der Waals surface area contributed by atoms with Crippen LogP contribution in [0, 0.1) is 10.7 Å². The lowest BCUT2D eigenvalue weighted by Crippen LogP contribution is -2.06. The smallest absolute Gasteiger partial charge is 0.387 e. The van der Waals surface area contributed by atoms with E-state index >= 15 is 0 Å². The first kappa shape index (κ1) is 13.4. The fourth-order valence-corrected chi connectivity index (χ4v) is 1.54. The molecular weight excluding hydrogens is 262 g/mol. The number of thioether (sulfide) groups is 1. The average Bonchev–Trinajstić information content (AvgIpc) is 2.21. The molecule has 92 valence electrons. The Hall–Kier alpha value is -1.62. The van der Waals surface area contributed by atoms with Crippen molar-refractivity contribution in [2.75, 3.05) is 0 Å². The van der Waals surface area contributed by atoms with E-state index in [1.165, 1.54) is 6.07 Å². The number of alkyl halides is 4. The summed E-state index contributed by atoms with van der Waals surface area (Å²) in [7, 11) is 0. The van der Waals surface area contributed by atoms with Crippen molar-refractivity contribution >= 4 is 11.8 Å². The number of nitrogens with zero attached hydrogens (tertiary/aromatic N) is 1. The van der Waals surface area contributed by atoms with Gasteiger partial charge in [0.15, 0.2) is 0 Å². The van der Waals surface area contributed by atoms with Gasteiger partial charge in [0, 0.05) is 0 Å². The van der Waals surface area contributed by atoms with Crippen LogP contribution in [0.2, 0.25) is 0 Å². The lowest BCUT2D eigenvalue weighted by Gasteiger charge is -2.12. The Labute approximate surface area is 97.9 Å². The summed E-state index contributed by atoms with van der Waals surface area (Å²) in [5.41, 5.74) is 0. The number of thiocyanates is 1. The van der Waals surface area contributed by atoms with Crippen molar-refractivity contribution in [1.82, 2.24) is 0 Å². The molecule has 0 heterocycles. The summed E-state index contributed by atoms with van der Waals surface area (Å²) in [5, 5.41) is 10.0. The molecular formula is C9H5F4NO2S. The number of benzene rings is 1. The zero-order chi connectivity index (χ0) is 12.8. The van der Waals surface area contributed by atoms with Crippen LogP contribution in [0.1, 0.15) is 0 Å². The Balaban J connectivity index is 3.08. The van der Waals surface area contributed by atoms with E-state index in [1.807, 2.05) is 0 Å². The number of ether oxygens (including phenoxy) is 2. The van der Waals surface area contributed by atoms with Gasteiger partial charge in [0.05, 0.1) is 0 Å². The highest BCUT2D eigenvalue weighted by Gasteiger charge is 2.17. The molecule has 0 unspecified atom stereocenters. The molecule has 0 amide bonds. The lowest BCUT2D eigenvalue weighted by molar-refractivity contribution is -0.0578. The maximum Gasteiger partial charge on any atom is 0.387 e. The second-order valence-corrected chi connectivity index (χ2v) is 3.33. The largest absolute Gasteiger partial charge is 0.433 e. The fourth-order valence-electron chi connectivity index (χ4n) is 1.02. The first-order chi connectivity index (χ1) is 8.04. The van der Waals surface area contributed by atoms with Gasteiger partial charge in [-0.3, -0.25) is 0 Å². The van der Waals surface area contributed by atoms with Crippen LogP contribution >= 0.6 is 11.8 Å². The molecule has 0 aliphatic heterocycles. The number of halogens is 4. The molecule has 0 fully saturated rings. The molecule has 0 radical (unpaired) electrons. The second-order valence-electron chi connectivity index (χ2n) is 2.53.